The molecular formula is C21H16F4N4O3. The van der Waals surface area contributed by atoms with Gasteiger partial charge in [0.05, 0.1) is 42.1 Å². The molecule has 2 N–H and O–H groups in total. The molecular weight excluding hydrogens is 432 g/mol. The van der Waals surface area contributed by atoms with E-state index in [0.29, 0.717) is 36.0 Å². The highest BCUT2D eigenvalue weighted by Crippen LogP contribution is 2.42. The normalized spacial score (nSPS) is 17.2. The largest absolute Gasteiger partial charge is 0.491 e. The molecule has 2 aromatic heterocycles. The average molecular weight is 448 g/mol. The molecule has 1 atom stereocenters. The lowest BCUT2D eigenvalue weighted by molar-refractivity contribution is -0.137. The Labute approximate surface area is 178 Å². The number of carbonyl (C=O) groups excluding carboxylic acids is 1. The second kappa shape index (κ2) is 7.02. The summed E-state index contributed by atoms with van der Waals surface area (Å²) in [6, 6.07) is 1.81. The maximum absolute atomic E-state index is 14.6. The van der Waals surface area contributed by atoms with E-state index in [1.807, 2.05) is 0 Å². The highest BCUT2D eigenvalue weighted by molar-refractivity contribution is 5.97. The molecule has 0 aliphatic carbocycles. The van der Waals surface area contributed by atoms with Crippen molar-refractivity contribution in [3.63, 3.8) is 0 Å². The van der Waals surface area contributed by atoms with Crippen molar-refractivity contribution in [3.05, 3.63) is 58.2 Å². The molecule has 4 heterocycles. The minimum atomic E-state index is -4.71. The first-order valence-corrected chi connectivity index (χ1v) is 9.60. The van der Waals surface area contributed by atoms with Crippen LogP contribution in [0.3, 0.4) is 0 Å². The molecule has 3 aromatic rings. The summed E-state index contributed by atoms with van der Waals surface area (Å²) in [5.74, 6) is -1.52. The number of halogens is 4. The lowest BCUT2D eigenvalue weighted by Gasteiger charge is -2.24. The van der Waals surface area contributed by atoms with Crippen LogP contribution in [0.5, 0.6) is 5.75 Å². The number of rotatable bonds is 2. The van der Waals surface area contributed by atoms with Crippen molar-refractivity contribution in [3.8, 4) is 5.75 Å². The first-order valence-electron chi connectivity index (χ1n) is 9.60. The molecule has 2 aliphatic heterocycles. The number of likely N-dealkylation sites (N-methyl/N-ethyl adjacent to an activating group) is 1. The fourth-order valence-electron chi connectivity index (χ4n) is 4.07. The van der Waals surface area contributed by atoms with Crippen molar-refractivity contribution >= 4 is 22.6 Å². The highest BCUT2D eigenvalue weighted by atomic mass is 19.4. The van der Waals surface area contributed by atoms with E-state index in [1.54, 1.807) is 6.07 Å². The van der Waals surface area contributed by atoms with E-state index < -0.39 is 29.5 Å². The highest BCUT2D eigenvalue weighted by Gasteiger charge is 2.38. The van der Waals surface area contributed by atoms with Crippen LogP contribution in [0.1, 0.15) is 38.8 Å². The zero-order chi connectivity index (χ0) is 22.8. The topological polar surface area (TPSA) is 90.6 Å². The molecule has 0 fully saturated rings. The summed E-state index contributed by atoms with van der Waals surface area (Å²) in [5, 5.41) is 0.669. The first kappa shape index (κ1) is 20.4. The number of nitrogens with zero attached hydrogens (tertiary/aromatic N) is 3. The summed E-state index contributed by atoms with van der Waals surface area (Å²) in [6.07, 6.45) is -3.30. The molecule has 0 unspecified atom stereocenters. The van der Waals surface area contributed by atoms with Crippen LogP contribution in [0.15, 0.2) is 24.4 Å². The van der Waals surface area contributed by atoms with Gasteiger partial charge in [-0.05, 0) is 23.8 Å². The lowest BCUT2D eigenvalue weighted by Crippen LogP contribution is -2.33. The molecule has 0 bridgehead atoms. The van der Waals surface area contributed by atoms with Crippen LogP contribution in [-0.4, -0.2) is 34.4 Å². The smallest absolute Gasteiger partial charge is 0.416 e. The number of hydrogen-bond acceptors (Lipinski definition) is 6. The van der Waals surface area contributed by atoms with Crippen LogP contribution in [0.4, 0.5) is 23.4 Å². The van der Waals surface area contributed by atoms with E-state index in [1.165, 1.54) is 18.1 Å². The maximum Gasteiger partial charge on any atom is 0.416 e. The number of benzene rings is 1. The summed E-state index contributed by atoms with van der Waals surface area (Å²) in [6.45, 7) is 0.471. The monoisotopic (exact) mass is 448 g/mol. The Balaban J connectivity index is 1.49. The van der Waals surface area contributed by atoms with Crippen molar-refractivity contribution in [2.24, 2.45) is 0 Å². The molecule has 11 heteroatoms. The Kier molecular flexibility index (Phi) is 4.48. The molecule has 166 valence electrons. The second-order valence-corrected chi connectivity index (χ2v) is 7.64. The van der Waals surface area contributed by atoms with E-state index >= 15 is 0 Å². The van der Waals surface area contributed by atoms with Crippen molar-refractivity contribution in [1.82, 2.24) is 14.9 Å². The number of pyridine rings is 2. The number of aromatic nitrogens is 2. The van der Waals surface area contributed by atoms with E-state index in [4.69, 9.17) is 15.2 Å². The number of fused-ring (bicyclic) bond motifs is 4. The lowest BCUT2D eigenvalue weighted by atomic mass is 10.0. The van der Waals surface area contributed by atoms with Crippen LogP contribution in [0.25, 0.3) is 10.9 Å². The van der Waals surface area contributed by atoms with Gasteiger partial charge in [0.25, 0.3) is 5.91 Å². The van der Waals surface area contributed by atoms with Gasteiger partial charge in [-0.15, -0.1) is 0 Å². The quantitative estimate of drug-likeness (QED) is 0.603. The minimum absolute atomic E-state index is 0.0708. The SMILES string of the molecule is CN(C(=O)c1cc2c3c(c(N)nc2cn1)COC3)[C@H]1COc2cc(C(F)(F)F)cc(F)c21. The van der Waals surface area contributed by atoms with Gasteiger partial charge in [-0.3, -0.25) is 4.79 Å². The Morgan fingerprint density at radius 1 is 1.22 bits per heavy atom. The van der Waals surface area contributed by atoms with Gasteiger partial charge in [-0.2, -0.15) is 13.2 Å². The molecule has 0 spiro atoms. The summed E-state index contributed by atoms with van der Waals surface area (Å²) in [5.41, 5.74) is 6.86. The number of ether oxygens (including phenoxy) is 2. The number of carbonyl (C=O) groups is 1. The zero-order valence-corrected chi connectivity index (χ0v) is 16.7. The van der Waals surface area contributed by atoms with Crippen molar-refractivity contribution in [2.45, 2.75) is 25.4 Å². The maximum atomic E-state index is 14.6. The number of alkyl halides is 3. The predicted octanol–water partition coefficient (Wildman–Crippen LogP) is 3.61. The van der Waals surface area contributed by atoms with E-state index in [0.717, 1.165) is 17.2 Å². The van der Waals surface area contributed by atoms with Gasteiger partial charge in [-0.25, -0.2) is 14.4 Å². The second-order valence-electron chi connectivity index (χ2n) is 7.64. The predicted molar refractivity (Wildman–Crippen MR) is 104 cm³/mol. The van der Waals surface area contributed by atoms with Crippen LogP contribution in [-0.2, 0) is 24.1 Å². The van der Waals surface area contributed by atoms with E-state index in [9.17, 15) is 22.4 Å². The van der Waals surface area contributed by atoms with E-state index in [-0.39, 0.29) is 23.6 Å². The van der Waals surface area contributed by atoms with Gasteiger partial charge in [0.1, 0.15) is 29.7 Å². The summed E-state index contributed by atoms with van der Waals surface area (Å²) < 4.78 is 64.2. The third-order valence-electron chi connectivity index (χ3n) is 5.77. The standard InChI is InChI=1S/C21H16F4N4O3/c1-29(16-8-32-17-3-9(21(23,24)25)2-13(22)18(16)17)20(30)14-4-10-11-6-31-7-12(11)19(26)28-15(10)5-27-14/h2-5,16H,6-8H2,1H3,(H2,26,28)/t16-/m0/s1. The summed E-state index contributed by atoms with van der Waals surface area (Å²) in [7, 11) is 1.42. The first-order chi connectivity index (χ1) is 15.1. The molecule has 1 amide bonds. The fourth-order valence-corrected chi connectivity index (χ4v) is 4.07. The Bertz CT molecular complexity index is 1280. The number of amides is 1. The van der Waals surface area contributed by atoms with Crippen molar-refractivity contribution < 1.29 is 31.8 Å². The summed E-state index contributed by atoms with van der Waals surface area (Å²) >= 11 is 0. The summed E-state index contributed by atoms with van der Waals surface area (Å²) in [4.78, 5) is 22.8. The molecule has 0 saturated carbocycles. The number of hydrogen-bond donors (Lipinski definition) is 1. The van der Waals surface area contributed by atoms with Crippen LogP contribution >= 0.6 is 0 Å². The van der Waals surface area contributed by atoms with Gasteiger partial charge in [0, 0.05) is 18.0 Å². The van der Waals surface area contributed by atoms with E-state index in [2.05, 4.69) is 9.97 Å². The molecule has 5 rings (SSSR count). The Morgan fingerprint density at radius 2 is 1.97 bits per heavy atom. The molecule has 7 nitrogen and oxygen atoms in total. The van der Waals surface area contributed by atoms with Gasteiger partial charge in [0.15, 0.2) is 0 Å². The average Bonchev–Trinajstić information content (AvgIpc) is 3.40. The minimum Gasteiger partial charge on any atom is -0.491 e. The van der Waals surface area contributed by atoms with Gasteiger partial charge < -0.3 is 20.1 Å². The molecule has 1 aromatic carbocycles. The number of nitrogen functional groups attached to an aromatic ring is 1. The van der Waals surface area contributed by atoms with Crippen LogP contribution in [0, 0.1) is 5.82 Å². The van der Waals surface area contributed by atoms with Crippen molar-refractivity contribution in [1.29, 1.82) is 0 Å². The van der Waals surface area contributed by atoms with Gasteiger partial charge in [-0.1, -0.05) is 0 Å². The number of nitrogens with two attached hydrogens (primary N) is 1. The number of anilines is 1. The van der Waals surface area contributed by atoms with Crippen LogP contribution < -0.4 is 10.5 Å². The molecule has 2 aliphatic rings. The Morgan fingerprint density at radius 3 is 2.72 bits per heavy atom. The molecule has 32 heavy (non-hydrogen) atoms. The fraction of sp³-hybridized carbons (Fsp3) is 0.286. The Hall–Kier alpha value is -3.47. The van der Waals surface area contributed by atoms with Gasteiger partial charge in [0.2, 0.25) is 0 Å². The van der Waals surface area contributed by atoms with Crippen molar-refractivity contribution in [2.75, 3.05) is 19.4 Å². The third-order valence-corrected chi connectivity index (χ3v) is 5.77. The van der Waals surface area contributed by atoms with Gasteiger partial charge >= 0.3 is 6.18 Å². The molecule has 0 radical (unpaired) electrons. The van der Waals surface area contributed by atoms with Crippen LogP contribution in [0.2, 0.25) is 0 Å². The zero-order valence-electron chi connectivity index (χ0n) is 16.7. The third kappa shape index (κ3) is 3.11. The molecule has 0 saturated heterocycles.